The van der Waals surface area contributed by atoms with Crippen LogP contribution in [0.3, 0.4) is 0 Å². The highest BCUT2D eigenvalue weighted by atomic mass is 127. The fourth-order valence-electron chi connectivity index (χ4n) is 1.63. The second-order valence-corrected chi connectivity index (χ2v) is 5.99. The molecular weight excluding hydrogens is 389 g/mol. The first kappa shape index (κ1) is 12.9. The molecule has 0 fully saturated rings. The topological polar surface area (TPSA) is 12.0 Å². The number of hydrogen-bond donors (Lipinski definition) is 1. The van der Waals surface area contributed by atoms with Crippen LogP contribution in [-0.2, 0) is 6.54 Å². The largest absolute Gasteiger partial charge is 0.381 e. The van der Waals surface area contributed by atoms with Gasteiger partial charge in [0.15, 0.2) is 0 Å². The minimum absolute atomic E-state index is 0.861. The molecule has 2 aromatic rings. The van der Waals surface area contributed by atoms with Crippen LogP contribution >= 0.6 is 38.5 Å². The number of benzene rings is 2. The Morgan fingerprint density at radius 3 is 2.71 bits per heavy atom. The Bertz CT molecular complexity index is 525. The molecule has 88 valence electrons. The summed E-state index contributed by atoms with van der Waals surface area (Å²) < 4.78 is 2.36. The van der Waals surface area contributed by atoms with Gasteiger partial charge < -0.3 is 5.32 Å². The standard InChI is InChI=1S/C14H13BrIN/c1-10-3-2-4-11(7-10)9-17-12-5-6-13(15)14(16)8-12/h2-8,17H,9H2,1H3. The Morgan fingerprint density at radius 2 is 2.00 bits per heavy atom. The lowest BCUT2D eigenvalue weighted by molar-refractivity contribution is 1.14. The molecule has 3 heteroatoms. The van der Waals surface area contributed by atoms with Crippen molar-refractivity contribution in [2.45, 2.75) is 13.5 Å². The highest BCUT2D eigenvalue weighted by Crippen LogP contribution is 2.22. The Hall–Kier alpha value is -0.550. The van der Waals surface area contributed by atoms with Crippen molar-refractivity contribution in [3.8, 4) is 0 Å². The highest BCUT2D eigenvalue weighted by Gasteiger charge is 1.98. The molecule has 0 amide bonds. The smallest absolute Gasteiger partial charge is 0.0400 e. The molecule has 0 unspecified atom stereocenters. The van der Waals surface area contributed by atoms with Gasteiger partial charge in [-0.05, 0) is 69.2 Å². The first-order chi connectivity index (χ1) is 8.15. The van der Waals surface area contributed by atoms with Gasteiger partial charge in [-0.3, -0.25) is 0 Å². The SMILES string of the molecule is Cc1cccc(CNc2ccc(Br)c(I)c2)c1. The van der Waals surface area contributed by atoms with Crippen molar-refractivity contribution >= 4 is 44.2 Å². The highest BCUT2D eigenvalue weighted by molar-refractivity contribution is 14.1. The Labute approximate surface area is 124 Å². The Morgan fingerprint density at radius 1 is 1.18 bits per heavy atom. The molecule has 0 spiro atoms. The van der Waals surface area contributed by atoms with E-state index in [2.05, 4.69) is 93.2 Å². The third-order valence-corrected chi connectivity index (χ3v) is 4.82. The Balaban J connectivity index is 2.05. The summed E-state index contributed by atoms with van der Waals surface area (Å²) in [4.78, 5) is 0. The molecule has 0 aromatic heterocycles. The maximum Gasteiger partial charge on any atom is 0.0400 e. The van der Waals surface area contributed by atoms with E-state index in [0.717, 1.165) is 16.7 Å². The molecule has 1 N–H and O–H groups in total. The Kier molecular flexibility index (Phi) is 4.45. The third kappa shape index (κ3) is 3.71. The number of rotatable bonds is 3. The first-order valence-corrected chi connectivity index (χ1v) is 7.27. The molecule has 0 aliphatic rings. The van der Waals surface area contributed by atoms with Crippen LogP contribution in [0.25, 0.3) is 0 Å². The fraction of sp³-hybridized carbons (Fsp3) is 0.143. The van der Waals surface area contributed by atoms with Crippen molar-refractivity contribution in [1.82, 2.24) is 0 Å². The molecule has 0 radical (unpaired) electrons. The van der Waals surface area contributed by atoms with Crippen molar-refractivity contribution < 1.29 is 0 Å². The van der Waals surface area contributed by atoms with Crippen LogP contribution < -0.4 is 5.32 Å². The van der Waals surface area contributed by atoms with Crippen LogP contribution in [0.1, 0.15) is 11.1 Å². The van der Waals surface area contributed by atoms with E-state index in [4.69, 9.17) is 0 Å². The van der Waals surface area contributed by atoms with Gasteiger partial charge in [0.25, 0.3) is 0 Å². The average Bonchev–Trinajstić information content (AvgIpc) is 2.31. The van der Waals surface area contributed by atoms with E-state index in [9.17, 15) is 0 Å². The number of nitrogens with one attached hydrogen (secondary N) is 1. The summed E-state index contributed by atoms with van der Waals surface area (Å²) in [7, 11) is 0. The minimum Gasteiger partial charge on any atom is -0.381 e. The second kappa shape index (κ2) is 5.87. The molecule has 0 aliphatic heterocycles. The van der Waals surface area contributed by atoms with Gasteiger partial charge in [-0.2, -0.15) is 0 Å². The van der Waals surface area contributed by atoms with Gasteiger partial charge >= 0.3 is 0 Å². The summed E-state index contributed by atoms with van der Waals surface area (Å²) in [5, 5.41) is 3.43. The second-order valence-electron chi connectivity index (χ2n) is 3.97. The molecule has 2 aromatic carbocycles. The van der Waals surface area contributed by atoms with Gasteiger partial charge in [0.2, 0.25) is 0 Å². The zero-order valence-corrected chi connectivity index (χ0v) is 13.2. The monoisotopic (exact) mass is 401 g/mol. The van der Waals surface area contributed by atoms with Crippen LogP contribution in [0.5, 0.6) is 0 Å². The molecular formula is C14H13BrIN. The first-order valence-electron chi connectivity index (χ1n) is 5.39. The van der Waals surface area contributed by atoms with Crippen LogP contribution in [0.4, 0.5) is 5.69 Å². The van der Waals surface area contributed by atoms with E-state index in [1.54, 1.807) is 0 Å². The molecule has 0 heterocycles. The lowest BCUT2D eigenvalue weighted by Gasteiger charge is -2.08. The van der Waals surface area contributed by atoms with Gasteiger partial charge in [0, 0.05) is 20.3 Å². The number of aryl methyl sites for hydroxylation is 1. The summed E-state index contributed by atoms with van der Waals surface area (Å²) in [6, 6.07) is 14.9. The number of hydrogen-bond acceptors (Lipinski definition) is 1. The van der Waals surface area contributed by atoms with Gasteiger partial charge in [-0.25, -0.2) is 0 Å². The van der Waals surface area contributed by atoms with Crippen molar-refractivity contribution in [2.75, 3.05) is 5.32 Å². The van der Waals surface area contributed by atoms with E-state index in [1.165, 1.54) is 14.7 Å². The van der Waals surface area contributed by atoms with Crippen molar-refractivity contribution in [3.05, 3.63) is 61.6 Å². The summed E-state index contributed by atoms with van der Waals surface area (Å²) in [5.41, 5.74) is 3.76. The molecule has 0 saturated carbocycles. The van der Waals surface area contributed by atoms with Gasteiger partial charge in [-0.1, -0.05) is 29.8 Å². The zero-order chi connectivity index (χ0) is 12.3. The molecule has 2 rings (SSSR count). The quantitative estimate of drug-likeness (QED) is 0.715. The van der Waals surface area contributed by atoms with Gasteiger partial charge in [0.1, 0.15) is 0 Å². The molecule has 1 nitrogen and oxygen atoms in total. The van der Waals surface area contributed by atoms with E-state index in [0.29, 0.717) is 0 Å². The minimum atomic E-state index is 0.861. The fourth-order valence-corrected chi connectivity index (χ4v) is 2.39. The van der Waals surface area contributed by atoms with Gasteiger partial charge in [0.05, 0.1) is 0 Å². The summed E-state index contributed by atoms with van der Waals surface area (Å²) in [6.07, 6.45) is 0. The van der Waals surface area contributed by atoms with Crippen molar-refractivity contribution in [1.29, 1.82) is 0 Å². The zero-order valence-electron chi connectivity index (χ0n) is 9.50. The van der Waals surface area contributed by atoms with Gasteiger partial charge in [-0.15, -0.1) is 0 Å². The van der Waals surface area contributed by atoms with E-state index in [-0.39, 0.29) is 0 Å². The summed E-state index contributed by atoms with van der Waals surface area (Å²) in [6.45, 7) is 2.98. The molecule has 17 heavy (non-hydrogen) atoms. The normalized spacial score (nSPS) is 10.3. The van der Waals surface area contributed by atoms with Crippen LogP contribution in [0.2, 0.25) is 0 Å². The van der Waals surface area contributed by atoms with E-state index >= 15 is 0 Å². The maximum atomic E-state index is 3.50. The third-order valence-electron chi connectivity index (χ3n) is 2.50. The van der Waals surface area contributed by atoms with Crippen molar-refractivity contribution in [3.63, 3.8) is 0 Å². The van der Waals surface area contributed by atoms with Crippen LogP contribution in [-0.4, -0.2) is 0 Å². The van der Waals surface area contributed by atoms with E-state index < -0.39 is 0 Å². The van der Waals surface area contributed by atoms with Crippen molar-refractivity contribution in [2.24, 2.45) is 0 Å². The van der Waals surface area contributed by atoms with Crippen LogP contribution in [0, 0.1) is 10.5 Å². The number of halogens is 2. The maximum absolute atomic E-state index is 3.50. The summed E-state index contributed by atoms with van der Waals surface area (Å²) in [5.74, 6) is 0. The predicted molar refractivity (Wildman–Crippen MR) is 85.4 cm³/mol. The van der Waals surface area contributed by atoms with Crippen LogP contribution in [0.15, 0.2) is 46.9 Å². The van der Waals surface area contributed by atoms with E-state index in [1.807, 2.05) is 0 Å². The lowest BCUT2D eigenvalue weighted by Crippen LogP contribution is -1.99. The lowest BCUT2D eigenvalue weighted by atomic mass is 10.1. The average molecular weight is 402 g/mol. The number of anilines is 1. The molecule has 0 saturated heterocycles. The molecule has 0 bridgehead atoms. The predicted octanol–water partition coefficient (Wildman–Crippen LogP) is 4.97. The summed E-state index contributed by atoms with van der Waals surface area (Å²) >= 11 is 5.82. The molecule has 0 aliphatic carbocycles. The molecule has 0 atom stereocenters.